The highest BCUT2D eigenvalue weighted by molar-refractivity contribution is 8.02. The molecule has 0 radical (unpaired) electrons. The second-order valence-electron chi connectivity index (χ2n) is 4.91. The number of anilines is 2. The van der Waals surface area contributed by atoms with E-state index in [9.17, 15) is 0 Å². The molecule has 0 saturated carbocycles. The highest BCUT2D eigenvalue weighted by atomic mass is 32.2. The third-order valence-electron chi connectivity index (χ3n) is 3.26. The highest BCUT2D eigenvalue weighted by Gasteiger charge is 2.19. The van der Waals surface area contributed by atoms with Crippen LogP contribution in [-0.2, 0) is 0 Å². The third kappa shape index (κ3) is 3.94. The van der Waals surface area contributed by atoms with Gasteiger partial charge in [-0.1, -0.05) is 30.9 Å². The lowest BCUT2D eigenvalue weighted by Gasteiger charge is -2.16. The number of thioether (sulfide) groups is 1. The number of nitrogen functional groups attached to an aromatic ring is 1. The van der Waals surface area contributed by atoms with Gasteiger partial charge in [-0.15, -0.1) is 0 Å². The number of nitrogens with one attached hydrogen (secondary N) is 2. The van der Waals surface area contributed by atoms with Crippen molar-refractivity contribution in [3.05, 3.63) is 18.6 Å². The van der Waals surface area contributed by atoms with Gasteiger partial charge in [0.2, 0.25) is 17.8 Å². The normalized spacial score (nSPS) is 12.1. The number of hydrogen-bond acceptors (Lipinski definition) is 9. The van der Waals surface area contributed by atoms with Crippen molar-refractivity contribution in [1.82, 2.24) is 29.9 Å². The van der Waals surface area contributed by atoms with Crippen LogP contribution in [0.4, 0.5) is 11.9 Å². The Hall–Kier alpha value is -2.53. The summed E-state index contributed by atoms with van der Waals surface area (Å²) in [5.74, 6) is 1.02. The van der Waals surface area contributed by atoms with Gasteiger partial charge < -0.3 is 20.8 Å². The van der Waals surface area contributed by atoms with Crippen LogP contribution in [0.2, 0.25) is 0 Å². The minimum Gasteiger partial charge on any atom is -0.481 e. The fourth-order valence-corrected chi connectivity index (χ4v) is 3.49. The van der Waals surface area contributed by atoms with Crippen LogP contribution in [0.25, 0.3) is 11.2 Å². The van der Waals surface area contributed by atoms with E-state index in [4.69, 9.17) is 22.7 Å². The minimum atomic E-state index is -0.0504. The molecule has 0 aliphatic rings. The van der Waals surface area contributed by atoms with E-state index in [1.807, 2.05) is 6.92 Å². The van der Waals surface area contributed by atoms with Crippen molar-refractivity contribution in [3.8, 4) is 5.88 Å². The van der Waals surface area contributed by atoms with E-state index in [1.165, 1.54) is 11.8 Å². The summed E-state index contributed by atoms with van der Waals surface area (Å²) in [7, 11) is 1.55. The van der Waals surface area contributed by atoms with Crippen molar-refractivity contribution in [2.75, 3.05) is 18.2 Å². The van der Waals surface area contributed by atoms with Crippen LogP contribution < -0.4 is 15.8 Å². The fourth-order valence-electron chi connectivity index (χ4n) is 2.07. The summed E-state index contributed by atoms with van der Waals surface area (Å²) in [6, 6.07) is 1.67. The molecule has 1 atom stereocenters. The second kappa shape index (κ2) is 7.57. The number of fused-ring (bicyclic) bond motifs is 1. The monoisotopic (exact) mass is 376 g/mol. The summed E-state index contributed by atoms with van der Waals surface area (Å²) in [6.07, 6.45) is 3.94. The Balaban J connectivity index is 1.79. The summed E-state index contributed by atoms with van der Waals surface area (Å²) in [5.41, 5.74) is 7.02. The zero-order valence-electron chi connectivity index (χ0n) is 13.6. The van der Waals surface area contributed by atoms with E-state index in [0.717, 1.165) is 11.9 Å². The zero-order chi connectivity index (χ0) is 17.8. The number of aromatic amines is 1. The molecule has 130 valence electrons. The Morgan fingerprint density at radius 2 is 2.24 bits per heavy atom. The van der Waals surface area contributed by atoms with Crippen LogP contribution in [0.1, 0.15) is 13.3 Å². The van der Waals surface area contributed by atoms with Crippen LogP contribution in [0.15, 0.2) is 23.6 Å². The first-order valence-corrected chi connectivity index (χ1v) is 8.70. The van der Waals surface area contributed by atoms with Gasteiger partial charge in [-0.2, -0.15) is 9.97 Å². The SMILES string of the molecule is CC[C@@H](Sc1nc(N)nc2nc[nH]c12)C(=S)Nc1nccc(OC)n1. The molecule has 0 amide bonds. The molecular formula is C14H16N8OS2. The molecule has 0 spiro atoms. The van der Waals surface area contributed by atoms with Crippen LogP contribution in [0, 0.1) is 0 Å². The van der Waals surface area contributed by atoms with E-state index in [0.29, 0.717) is 27.5 Å². The van der Waals surface area contributed by atoms with Gasteiger partial charge in [0.1, 0.15) is 10.5 Å². The number of imidazole rings is 1. The van der Waals surface area contributed by atoms with E-state index in [1.54, 1.807) is 25.7 Å². The van der Waals surface area contributed by atoms with Crippen molar-refractivity contribution in [2.45, 2.75) is 23.6 Å². The Bertz CT molecular complexity index is 899. The van der Waals surface area contributed by atoms with E-state index >= 15 is 0 Å². The number of nitrogens with zero attached hydrogens (tertiary/aromatic N) is 5. The largest absolute Gasteiger partial charge is 0.481 e. The lowest BCUT2D eigenvalue weighted by Crippen LogP contribution is -2.24. The second-order valence-corrected chi connectivity index (χ2v) is 6.55. The number of rotatable bonds is 6. The predicted octanol–water partition coefficient (Wildman–Crippen LogP) is 2.04. The van der Waals surface area contributed by atoms with Gasteiger partial charge in [0.05, 0.1) is 23.7 Å². The summed E-state index contributed by atoms with van der Waals surface area (Å²) < 4.78 is 5.09. The molecule has 3 rings (SSSR count). The molecule has 3 aromatic heterocycles. The summed E-state index contributed by atoms with van der Waals surface area (Å²) in [5, 5.41) is 3.70. The maximum Gasteiger partial charge on any atom is 0.230 e. The molecule has 0 aliphatic heterocycles. The van der Waals surface area contributed by atoms with Gasteiger partial charge in [0, 0.05) is 12.3 Å². The number of aromatic nitrogens is 6. The Kier molecular flexibility index (Phi) is 5.24. The molecule has 0 bridgehead atoms. The van der Waals surface area contributed by atoms with Crippen molar-refractivity contribution >= 4 is 52.0 Å². The van der Waals surface area contributed by atoms with Crippen LogP contribution >= 0.6 is 24.0 Å². The summed E-state index contributed by atoms with van der Waals surface area (Å²) >= 11 is 7.00. The summed E-state index contributed by atoms with van der Waals surface area (Å²) in [6.45, 7) is 2.03. The molecule has 4 N–H and O–H groups in total. The molecule has 3 heterocycles. The van der Waals surface area contributed by atoms with Gasteiger partial charge >= 0.3 is 0 Å². The molecule has 25 heavy (non-hydrogen) atoms. The smallest absolute Gasteiger partial charge is 0.230 e. The van der Waals surface area contributed by atoms with Gasteiger partial charge in [0.25, 0.3) is 0 Å². The maximum atomic E-state index is 5.76. The lowest BCUT2D eigenvalue weighted by molar-refractivity contribution is 0.397. The van der Waals surface area contributed by atoms with Crippen molar-refractivity contribution in [1.29, 1.82) is 0 Å². The number of ether oxygens (including phenoxy) is 1. The number of H-pyrrole nitrogens is 1. The van der Waals surface area contributed by atoms with Crippen molar-refractivity contribution in [2.24, 2.45) is 0 Å². The maximum absolute atomic E-state index is 5.76. The lowest BCUT2D eigenvalue weighted by atomic mass is 10.3. The van der Waals surface area contributed by atoms with Gasteiger partial charge in [0.15, 0.2) is 5.65 Å². The average Bonchev–Trinajstić information content (AvgIpc) is 3.07. The first kappa shape index (κ1) is 17.3. The zero-order valence-corrected chi connectivity index (χ0v) is 15.2. The minimum absolute atomic E-state index is 0.0504. The van der Waals surface area contributed by atoms with Crippen LogP contribution in [-0.4, -0.2) is 47.3 Å². The van der Waals surface area contributed by atoms with E-state index in [2.05, 4.69) is 35.2 Å². The van der Waals surface area contributed by atoms with Crippen LogP contribution in [0.5, 0.6) is 5.88 Å². The Labute approximate surface area is 153 Å². The van der Waals surface area contributed by atoms with Gasteiger partial charge in [-0.3, -0.25) is 0 Å². The standard InChI is InChI=1S/C14H16N8OS2/c1-3-7(11(24)21-14-16-5-4-8(19-14)23-2)25-12-9-10(18-6-17-9)20-13(15)22-12/h4-7H,3H2,1-2H3,(H,16,19,21,24)(H3,15,17,18,20,22)/t7-/m1/s1. The highest BCUT2D eigenvalue weighted by Crippen LogP contribution is 2.30. The number of methoxy groups -OCH3 is 1. The Morgan fingerprint density at radius 3 is 3.00 bits per heavy atom. The van der Waals surface area contributed by atoms with E-state index < -0.39 is 0 Å². The molecular weight excluding hydrogens is 360 g/mol. The molecule has 0 aromatic carbocycles. The molecule has 0 unspecified atom stereocenters. The van der Waals surface area contributed by atoms with Gasteiger partial charge in [-0.05, 0) is 6.42 Å². The van der Waals surface area contributed by atoms with Crippen molar-refractivity contribution < 1.29 is 4.74 Å². The molecule has 0 fully saturated rings. The van der Waals surface area contributed by atoms with Crippen molar-refractivity contribution in [3.63, 3.8) is 0 Å². The molecule has 0 aliphatic carbocycles. The van der Waals surface area contributed by atoms with Crippen LogP contribution in [0.3, 0.4) is 0 Å². The number of thiocarbonyl (C=S) groups is 1. The number of nitrogens with two attached hydrogens (primary N) is 1. The van der Waals surface area contributed by atoms with Gasteiger partial charge in [-0.25, -0.2) is 15.0 Å². The first-order valence-electron chi connectivity index (χ1n) is 7.41. The fraction of sp³-hybridized carbons (Fsp3) is 0.286. The predicted molar refractivity (Wildman–Crippen MR) is 101 cm³/mol. The summed E-state index contributed by atoms with van der Waals surface area (Å²) in [4.78, 5) is 24.5. The topological polar surface area (TPSA) is 128 Å². The Morgan fingerprint density at radius 1 is 1.40 bits per heavy atom. The molecule has 11 heteroatoms. The molecule has 0 saturated heterocycles. The molecule has 9 nitrogen and oxygen atoms in total. The quantitative estimate of drug-likeness (QED) is 0.334. The van der Waals surface area contributed by atoms with E-state index in [-0.39, 0.29) is 11.2 Å². The third-order valence-corrected chi connectivity index (χ3v) is 5.17. The molecule has 3 aromatic rings. The average molecular weight is 376 g/mol. The first-order chi connectivity index (χ1) is 12.1. The number of hydrogen-bond donors (Lipinski definition) is 3.